The summed E-state index contributed by atoms with van der Waals surface area (Å²) >= 11 is 0. The van der Waals surface area contributed by atoms with E-state index in [1.54, 1.807) is 7.11 Å². The fourth-order valence-electron chi connectivity index (χ4n) is 2.31. The highest BCUT2D eigenvalue weighted by Crippen LogP contribution is 2.16. The molecule has 0 radical (unpaired) electrons. The highest BCUT2D eigenvalue weighted by atomic mass is 16.5. The average molecular weight is 278 g/mol. The molecule has 1 unspecified atom stereocenters. The van der Waals surface area contributed by atoms with Gasteiger partial charge < -0.3 is 15.8 Å². The fraction of sp³-hybridized carbons (Fsp3) is 0.562. The summed E-state index contributed by atoms with van der Waals surface area (Å²) in [5.74, 6) is 0.828. The first kappa shape index (κ1) is 16.7. The number of methoxy groups -OCH3 is 1. The van der Waals surface area contributed by atoms with E-state index >= 15 is 0 Å². The smallest absolute Gasteiger partial charge is 0.224 e. The Hall–Kier alpha value is -1.39. The minimum Gasteiger partial charge on any atom is -0.380 e. The summed E-state index contributed by atoms with van der Waals surface area (Å²) in [6.45, 7) is 5.39. The Balaban J connectivity index is 2.54. The molecule has 3 N–H and O–H groups in total. The fourth-order valence-corrected chi connectivity index (χ4v) is 2.31. The van der Waals surface area contributed by atoms with Gasteiger partial charge >= 0.3 is 0 Å². The molecule has 0 saturated carbocycles. The summed E-state index contributed by atoms with van der Waals surface area (Å²) in [6.07, 6.45) is 1.46. The highest BCUT2D eigenvalue weighted by molar-refractivity contribution is 5.90. The predicted octanol–water partition coefficient (Wildman–Crippen LogP) is 2.78. The van der Waals surface area contributed by atoms with Gasteiger partial charge in [0.15, 0.2) is 0 Å². The summed E-state index contributed by atoms with van der Waals surface area (Å²) in [5.41, 5.74) is 7.58. The number of anilines is 1. The largest absolute Gasteiger partial charge is 0.380 e. The summed E-state index contributed by atoms with van der Waals surface area (Å²) in [7, 11) is 1.66. The number of nitrogens with one attached hydrogen (secondary N) is 1. The van der Waals surface area contributed by atoms with E-state index in [9.17, 15) is 4.79 Å². The molecule has 1 rings (SSSR count). The minimum atomic E-state index is 0.0238. The molecule has 1 aromatic rings. The van der Waals surface area contributed by atoms with Crippen LogP contribution in [0.1, 0.15) is 32.3 Å². The average Bonchev–Trinajstić information content (AvgIpc) is 2.38. The molecular weight excluding hydrogens is 252 g/mol. The van der Waals surface area contributed by atoms with Gasteiger partial charge in [-0.1, -0.05) is 26.0 Å². The third-order valence-corrected chi connectivity index (χ3v) is 3.13. The molecule has 0 aliphatic carbocycles. The SMILES string of the molecule is COCc1cccc(NC(=O)CC(CN)CC(C)C)c1. The Morgan fingerprint density at radius 1 is 1.40 bits per heavy atom. The van der Waals surface area contributed by atoms with Crippen LogP contribution in [0.3, 0.4) is 0 Å². The van der Waals surface area contributed by atoms with Crippen molar-refractivity contribution in [3.05, 3.63) is 29.8 Å². The molecule has 0 heterocycles. The van der Waals surface area contributed by atoms with Crippen LogP contribution in [0, 0.1) is 11.8 Å². The Morgan fingerprint density at radius 3 is 2.75 bits per heavy atom. The topological polar surface area (TPSA) is 64.3 Å². The zero-order valence-electron chi connectivity index (χ0n) is 12.7. The highest BCUT2D eigenvalue weighted by Gasteiger charge is 2.14. The molecule has 20 heavy (non-hydrogen) atoms. The van der Waals surface area contributed by atoms with Crippen molar-refractivity contribution in [2.75, 3.05) is 19.0 Å². The molecule has 0 bridgehead atoms. The molecular formula is C16H26N2O2. The van der Waals surface area contributed by atoms with Crippen molar-refractivity contribution in [3.8, 4) is 0 Å². The molecule has 112 valence electrons. The van der Waals surface area contributed by atoms with Crippen LogP contribution in [0.5, 0.6) is 0 Å². The molecule has 1 amide bonds. The van der Waals surface area contributed by atoms with Crippen molar-refractivity contribution >= 4 is 11.6 Å². The molecule has 0 fully saturated rings. The van der Waals surface area contributed by atoms with E-state index in [2.05, 4.69) is 19.2 Å². The maximum atomic E-state index is 12.0. The molecule has 0 aliphatic heterocycles. The molecule has 4 nitrogen and oxygen atoms in total. The van der Waals surface area contributed by atoms with Gasteiger partial charge in [-0.15, -0.1) is 0 Å². The van der Waals surface area contributed by atoms with Gasteiger partial charge in [0, 0.05) is 19.2 Å². The van der Waals surface area contributed by atoms with Crippen molar-refractivity contribution in [2.45, 2.75) is 33.3 Å². The lowest BCUT2D eigenvalue weighted by Gasteiger charge is -2.16. The summed E-state index contributed by atoms with van der Waals surface area (Å²) < 4.78 is 5.08. The number of carbonyl (C=O) groups is 1. The van der Waals surface area contributed by atoms with Gasteiger partial charge in [-0.25, -0.2) is 0 Å². The Morgan fingerprint density at radius 2 is 2.15 bits per heavy atom. The maximum Gasteiger partial charge on any atom is 0.224 e. The summed E-state index contributed by atoms with van der Waals surface area (Å²) in [6, 6.07) is 7.71. The lowest BCUT2D eigenvalue weighted by molar-refractivity contribution is -0.117. The van der Waals surface area contributed by atoms with Crippen LogP contribution < -0.4 is 11.1 Å². The van der Waals surface area contributed by atoms with Gasteiger partial charge in [-0.3, -0.25) is 4.79 Å². The molecule has 1 atom stereocenters. The number of benzene rings is 1. The maximum absolute atomic E-state index is 12.0. The van der Waals surface area contributed by atoms with E-state index in [1.165, 1.54) is 0 Å². The zero-order chi connectivity index (χ0) is 15.0. The predicted molar refractivity (Wildman–Crippen MR) is 82.4 cm³/mol. The van der Waals surface area contributed by atoms with E-state index in [0.29, 0.717) is 25.5 Å². The third-order valence-electron chi connectivity index (χ3n) is 3.13. The van der Waals surface area contributed by atoms with Gasteiger partial charge in [0.25, 0.3) is 0 Å². The van der Waals surface area contributed by atoms with Gasteiger partial charge in [0.05, 0.1) is 6.61 Å². The number of ether oxygens (including phenoxy) is 1. The molecule has 0 aromatic heterocycles. The molecule has 0 spiro atoms. The molecule has 4 heteroatoms. The second kappa shape index (κ2) is 8.72. The van der Waals surface area contributed by atoms with E-state index in [4.69, 9.17) is 10.5 Å². The van der Waals surface area contributed by atoms with E-state index in [-0.39, 0.29) is 11.8 Å². The van der Waals surface area contributed by atoms with Gasteiger partial charge in [0.1, 0.15) is 0 Å². The van der Waals surface area contributed by atoms with Crippen LogP contribution >= 0.6 is 0 Å². The first-order valence-electron chi connectivity index (χ1n) is 7.13. The molecule has 1 aromatic carbocycles. The normalized spacial score (nSPS) is 12.4. The summed E-state index contributed by atoms with van der Waals surface area (Å²) in [4.78, 5) is 12.0. The van der Waals surface area contributed by atoms with Crippen molar-refractivity contribution in [1.82, 2.24) is 0 Å². The number of carbonyl (C=O) groups excluding carboxylic acids is 1. The van der Waals surface area contributed by atoms with Crippen LogP contribution in [-0.2, 0) is 16.1 Å². The zero-order valence-corrected chi connectivity index (χ0v) is 12.7. The van der Waals surface area contributed by atoms with Gasteiger partial charge in [-0.05, 0) is 42.5 Å². The number of amides is 1. The van der Waals surface area contributed by atoms with Crippen molar-refractivity contribution in [1.29, 1.82) is 0 Å². The van der Waals surface area contributed by atoms with E-state index in [1.807, 2.05) is 24.3 Å². The van der Waals surface area contributed by atoms with Gasteiger partial charge in [-0.2, -0.15) is 0 Å². The second-order valence-corrected chi connectivity index (χ2v) is 5.62. The van der Waals surface area contributed by atoms with Crippen molar-refractivity contribution in [2.24, 2.45) is 17.6 Å². The van der Waals surface area contributed by atoms with Crippen molar-refractivity contribution < 1.29 is 9.53 Å². The summed E-state index contributed by atoms with van der Waals surface area (Å²) in [5, 5.41) is 2.93. The van der Waals surface area contributed by atoms with Crippen LogP contribution in [0.4, 0.5) is 5.69 Å². The van der Waals surface area contributed by atoms with Crippen molar-refractivity contribution in [3.63, 3.8) is 0 Å². The Kier molecular flexibility index (Phi) is 7.26. The van der Waals surface area contributed by atoms with Crippen LogP contribution in [-0.4, -0.2) is 19.6 Å². The Labute approximate surface area is 121 Å². The molecule has 0 aliphatic rings. The van der Waals surface area contributed by atoms with E-state index < -0.39 is 0 Å². The minimum absolute atomic E-state index is 0.0238. The third kappa shape index (κ3) is 6.17. The number of nitrogens with two attached hydrogens (primary N) is 1. The second-order valence-electron chi connectivity index (χ2n) is 5.62. The quantitative estimate of drug-likeness (QED) is 0.768. The Bertz CT molecular complexity index is 419. The van der Waals surface area contributed by atoms with Crippen LogP contribution in [0.25, 0.3) is 0 Å². The lowest BCUT2D eigenvalue weighted by Crippen LogP contribution is -2.23. The number of hydrogen-bond acceptors (Lipinski definition) is 3. The number of rotatable bonds is 8. The van der Waals surface area contributed by atoms with Crippen LogP contribution in [0.15, 0.2) is 24.3 Å². The van der Waals surface area contributed by atoms with Gasteiger partial charge in [0.2, 0.25) is 5.91 Å². The molecule has 0 saturated heterocycles. The van der Waals surface area contributed by atoms with E-state index in [0.717, 1.165) is 17.7 Å². The standard InChI is InChI=1S/C16H26N2O2/c1-12(2)7-14(10-17)9-16(19)18-15-6-4-5-13(8-15)11-20-3/h4-6,8,12,14H,7,9-11,17H2,1-3H3,(H,18,19). The monoisotopic (exact) mass is 278 g/mol. The first-order chi connectivity index (χ1) is 9.55. The number of hydrogen-bond donors (Lipinski definition) is 2. The first-order valence-corrected chi connectivity index (χ1v) is 7.13. The lowest BCUT2D eigenvalue weighted by atomic mass is 9.94. The van der Waals surface area contributed by atoms with Crippen LogP contribution in [0.2, 0.25) is 0 Å².